The van der Waals surface area contributed by atoms with E-state index >= 15 is 0 Å². The molecule has 1 saturated carbocycles. The zero-order chi connectivity index (χ0) is 18.6. The van der Waals surface area contributed by atoms with Crippen LogP contribution in [0.2, 0.25) is 0 Å². The van der Waals surface area contributed by atoms with Crippen LogP contribution < -0.4 is 5.32 Å². The Morgan fingerprint density at radius 2 is 2.00 bits per heavy atom. The van der Waals surface area contributed by atoms with Crippen LogP contribution >= 0.6 is 0 Å². The van der Waals surface area contributed by atoms with Gasteiger partial charge in [-0.15, -0.1) is 0 Å². The van der Waals surface area contributed by atoms with Crippen LogP contribution in [0.5, 0.6) is 0 Å². The maximum Gasteiger partial charge on any atom is 0.411 e. The van der Waals surface area contributed by atoms with Crippen molar-refractivity contribution in [3.8, 4) is 0 Å². The maximum absolute atomic E-state index is 12.3. The standard InChI is InChI=1S/C21H30N2O3/c1-16-8-11-21(12-9-16)13-10-19(24)23(21)14-5-15-26-20(25)22-18-7-4-3-6-17(18)2/h3-4,6-7,16H,5,8-15H2,1-2H3,(H,22,25). The molecular weight excluding hydrogens is 328 g/mol. The number of para-hydroxylation sites is 1. The third-order valence-electron chi connectivity index (χ3n) is 6.02. The van der Waals surface area contributed by atoms with Crippen LogP contribution in [0, 0.1) is 12.8 Å². The summed E-state index contributed by atoms with van der Waals surface area (Å²) in [6, 6.07) is 7.61. The zero-order valence-corrected chi connectivity index (χ0v) is 15.9. The van der Waals surface area contributed by atoms with Gasteiger partial charge >= 0.3 is 6.09 Å². The number of anilines is 1. The molecule has 1 aliphatic carbocycles. The minimum Gasteiger partial charge on any atom is -0.449 e. The van der Waals surface area contributed by atoms with Gasteiger partial charge in [0.25, 0.3) is 0 Å². The molecule has 1 aliphatic heterocycles. The number of nitrogens with one attached hydrogen (secondary N) is 1. The highest BCUT2D eigenvalue weighted by Gasteiger charge is 2.46. The molecule has 0 bridgehead atoms. The summed E-state index contributed by atoms with van der Waals surface area (Å²) in [7, 11) is 0. The Labute approximate surface area is 156 Å². The van der Waals surface area contributed by atoms with E-state index in [0.717, 1.165) is 36.4 Å². The number of hydrogen-bond acceptors (Lipinski definition) is 3. The number of rotatable bonds is 5. The van der Waals surface area contributed by atoms with Gasteiger partial charge in [0.05, 0.1) is 6.61 Å². The van der Waals surface area contributed by atoms with Crippen molar-refractivity contribution in [1.82, 2.24) is 4.90 Å². The Morgan fingerprint density at radius 3 is 2.73 bits per heavy atom. The maximum atomic E-state index is 12.3. The molecule has 1 heterocycles. The lowest BCUT2D eigenvalue weighted by Crippen LogP contribution is -2.48. The summed E-state index contributed by atoms with van der Waals surface area (Å²) in [5, 5.41) is 2.77. The molecular formula is C21H30N2O3. The third kappa shape index (κ3) is 4.19. The van der Waals surface area contributed by atoms with Gasteiger partial charge < -0.3 is 9.64 Å². The Morgan fingerprint density at radius 1 is 1.27 bits per heavy atom. The second-order valence-electron chi connectivity index (χ2n) is 7.88. The summed E-state index contributed by atoms with van der Waals surface area (Å²) < 4.78 is 5.30. The molecule has 3 rings (SSSR count). The van der Waals surface area contributed by atoms with Crippen LogP contribution in [-0.4, -0.2) is 35.6 Å². The van der Waals surface area contributed by atoms with E-state index < -0.39 is 6.09 Å². The fourth-order valence-electron chi connectivity index (χ4n) is 4.30. The van der Waals surface area contributed by atoms with Gasteiger partial charge in [0.1, 0.15) is 0 Å². The molecule has 2 aliphatic rings. The highest BCUT2D eigenvalue weighted by Crippen LogP contribution is 2.43. The summed E-state index contributed by atoms with van der Waals surface area (Å²) in [5.41, 5.74) is 1.84. The van der Waals surface area contributed by atoms with Gasteiger partial charge in [-0.1, -0.05) is 25.1 Å². The van der Waals surface area contributed by atoms with E-state index in [-0.39, 0.29) is 11.4 Å². The van der Waals surface area contributed by atoms with Crippen LogP contribution in [0.15, 0.2) is 24.3 Å². The van der Waals surface area contributed by atoms with E-state index in [0.29, 0.717) is 26.0 Å². The van der Waals surface area contributed by atoms with Crippen molar-refractivity contribution in [2.45, 2.75) is 64.3 Å². The highest BCUT2D eigenvalue weighted by atomic mass is 16.5. The second kappa shape index (κ2) is 8.11. The minimum atomic E-state index is -0.437. The summed E-state index contributed by atoms with van der Waals surface area (Å²) in [6.45, 7) is 5.26. The van der Waals surface area contributed by atoms with Crippen molar-refractivity contribution in [2.24, 2.45) is 5.92 Å². The fourth-order valence-corrected chi connectivity index (χ4v) is 4.30. The molecule has 2 fully saturated rings. The molecule has 5 nitrogen and oxygen atoms in total. The molecule has 1 aromatic rings. The van der Waals surface area contributed by atoms with Gasteiger partial charge in [-0.05, 0) is 63.0 Å². The summed E-state index contributed by atoms with van der Waals surface area (Å²) in [5.74, 6) is 1.04. The van der Waals surface area contributed by atoms with Crippen LogP contribution in [-0.2, 0) is 9.53 Å². The number of ether oxygens (including phenoxy) is 1. The first-order chi connectivity index (χ1) is 12.5. The fraction of sp³-hybridized carbons (Fsp3) is 0.619. The first-order valence-corrected chi connectivity index (χ1v) is 9.80. The Kier molecular flexibility index (Phi) is 5.84. The largest absolute Gasteiger partial charge is 0.449 e. The van der Waals surface area contributed by atoms with Crippen molar-refractivity contribution in [2.75, 3.05) is 18.5 Å². The van der Waals surface area contributed by atoms with Crippen LogP contribution in [0.25, 0.3) is 0 Å². The van der Waals surface area contributed by atoms with Crippen LogP contribution in [0.4, 0.5) is 10.5 Å². The topological polar surface area (TPSA) is 58.6 Å². The second-order valence-corrected chi connectivity index (χ2v) is 7.88. The van der Waals surface area contributed by atoms with Gasteiger partial charge in [-0.25, -0.2) is 4.79 Å². The molecule has 0 atom stereocenters. The molecule has 26 heavy (non-hydrogen) atoms. The SMILES string of the molecule is Cc1ccccc1NC(=O)OCCCN1C(=O)CCC12CCC(C)CC2. The monoisotopic (exact) mass is 358 g/mol. The lowest BCUT2D eigenvalue weighted by Gasteiger charge is -2.43. The molecule has 1 saturated heterocycles. The van der Waals surface area contributed by atoms with Gasteiger partial charge in [0.2, 0.25) is 5.91 Å². The van der Waals surface area contributed by atoms with Crippen molar-refractivity contribution in [1.29, 1.82) is 0 Å². The van der Waals surface area contributed by atoms with Crippen molar-refractivity contribution < 1.29 is 14.3 Å². The van der Waals surface area contributed by atoms with E-state index in [2.05, 4.69) is 17.1 Å². The number of amides is 2. The zero-order valence-electron chi connectivity index (χ0n) is 15.9. The molecule has 0 radical (unpaired) electrons. The van der Waals surface area contributed by atoms with E-state index in [9.17, 15) is 9.59 Å². The molecule has 2 amide bonds. The summed E-state index contributed by atoms with van der Waals surface area (Å²) >= 11 is 0. The Balaban J connectivity index is 1.44. The van der Waals surface area contributed by atoms with Crippen molar-refractivity contribution in [3.63, 3.8) is 0 Å². The molecule has 0 unspecified atom stereocenters. The smallest absolute Gasteiger partial charge is 0.411 e. The average molecular weight is 358 g/mol. The van der Waals surface area contributed by atoms with E-state index in [1.165, 1.54) is 12.8 Å². The van der Waals surface area contributed by atoms with Gasteiger partial charge in [-0.2, -0.15) is 0 Å². The number of nitrogens with zero attached hydrogens (tertiary/aromatic N) is 1. The average Bonchev–Trinajstić information content (AvgIpc) is 2.93. The number of benzene rings is 1. The quantitative estimate of drug-likeness (QED) is 0.788. The number of carbonyl (C=O) groups is 2. The van der Waals surface area contributed by atoms with Gasteiger partial charge in [-0.3, -0.25) is 10.1 Å². The predicted molar refractivity (Wildman–Crippen MR) is 102 cm³/mol. The van der Waals surface area contributed by atoms with Crippen LogP contribution in [0.1, 0.15) is 57.4 Å². The van der Waals surface area contributed by atoms with Gasteiger partial charge in [0, 0.05) is 24.2 Å². The Hall–Kier alpha value is -2.04. The van der Waals surface area contributed by atoms with Crippen molar-refractivity contribution >= 4 is 17.7 Å². The molecule has 5 heteroatoms. The number of carbonyl (C=O) groups excluding carboxylic acids is 2. The molecule has 1 aromatic carbocycles. The van der Waals surface area contributed by atoms with Crippen molar-refractivity contribution in [3.05, 3.63) is 29.8 Å². The lowest BCUT2D eigenvalue weighted by atomic mass is 9.75. The lowest BCUT2D eigenvalue weighted by molar-refractivity contribution is -0.132. The third-order valence-corrected chi connectivity index (χ3v) is 6.02. The summed E-state index contributed by atoms with van der Waals surface area (Å²) in [6.07, 6.45) is 6.56. The highest BCUT2D eigenvalue weighted by molar-refractivity contribution is 5.85. The predicted octanol–water partition coefficient (Wildman–Crippen LogP) is 4.50. The van der Waals surface area contributed by atoms with Crippen LogP contribution in [0.3, 0.4) is 0 Å². The molecule has 1 spiro atoms. The van der Waals surface area contributed by atoms with E-state index in [1.807, 2.05) is 31.2 Å². The summed E-state index contributed by atoms with van der Waals surface area (Å²) in [4.78, 5) is 26.4. The first-order valence-electron chi connectivity index (χ1n) is 9.80. The molecule has 142 valence electrons. The molecule has 0 aromatic heterocycles. The minimum absolute atomic E-state index is 0.0764. The van der Waals surface area contributed by atoms with Gasteiger partial charge in [0.15, 0.2) is 0 Å². The number of hydrogen-bond donors (Lipinski definition) is 1. The first kappa shape index (κ1) is 18.7. The normalized spacial score (nSPS) is 25.5. The molecule has 1 N–H and O–H groups in total. The number of aryl methyl sites for hydroxylation is 1. The van der Waals surface area contributed by atoms with E-state index in [4.69, 9.17) is 4.74 Å². The number of likely N-dealkylation sites (tertiary alicyclic amines) is 1. The Bertz CT molecular complexity index is 650. The van der Waals surface area contributed by atoms with E-state index in [1.54, 1.807) is 0 Å².